The van der Waals surface area contributed by atoms with Gasteiger partial charge in [-0.2, -0.15) is 0 Å². The first kappa shape index (κ1) is 14.3. The van der Waals surface area contributed by atoms with Crippen LogP contribution in [0.4, 0.5) is 0 Å². The Morgan fingerprint density at radius 2 is 1.83 bits per heavy atom. The third-order valence-electron chi connectivity index (χ3n) is 3.41. The molecule has 0 saturated heterocycles. The fraction of sp³-hybridized carbons (Fsp3) is 0.0588. The number of hydrogen-bond donors (Lipinski definition) is 0. The zero-order chi connectivity index (χ0) is 15.8. The first-order valence-corrected chi connectivity index (χ1v) is 7.95. The fourth-order valence-corrected chi connectivity index (χ4v) is 2.65. The SMILES string of the molecule is O=C1OC(c2ccc(I)cc2)=N/C1=C\c1ccc2c(c1)OCO2. The highest BCUT2D eigenvalue weighted by Crippen LogP contribution is 2.33. The molecule has 23 heavy (non-hydrogen) atoms. The van der Waals surface area contributed by atoms with E-state index >= 15 is 0 Å². The van der Waals surface area contributed by atoms with Crippen LogP contribution in [0.2, 0.25) is 0 Å². The van der Waals surface area contributed by atoms with Crippen molar-refractivity contribution in [1.29, 1.82) is 0 Å². The second kappa shape index (κ2) is 5.69. The number of aliphatic imine (C=N–C) groups is 1. The number of esters is 1. The van der Waals surface area contributed by atoms with Crippen LogP contribution < -0.4 is 9.47 Å². The number of cyclic esters (lactones) is 1. The van der Waals surface area contributed by atoms with Crippen molar-refractivity contribution in [3.8, 4) is 11.5 Å². The number of fused-ring (bicyclic) bond motifs is 1. The molecule has 2 aromatic carbocycles. The van der Waals surface area contributed by atoms with Crippen LogP contribution in [0.3, 0.4) is 0 Å². The van der Waals surface area contributed by atoms with Crippen molar-refractivity contribution in [2.45, 2.75) is 0 Å². The summed E-state index contributed by atoms with van der Waals surface area (Å²) in [5, 5.41) is 0. The number of nitrogens with zero attached hydrogens (tertiary/aromatic N) is 1. The smallest absolute Gasteiger partial charge is 0.363 e. The largest absolute Gasteiger partial charge is 0.454 e. The van der Waals surface area contributed by atoms with Crippen molar-refractivity contribution in [2.24, 2.45) is 4.99 Å². The van der Waals surface area contributed by atoms with E-state index in [0.29, 0.717) is 17.4 Å². The average Bonchev–Trinajstić information content (AvgIpc) is 3.15. The molecule has 5 nitrogen and oxygen atoms in total. The van der Waals surface area contributed by atoms with E-state index in [2.05, 4.69) is 27.6 Å². The van der Waals surface area contributed by atoms with Crippen molar-refractivity contribution >= 4 is 40.5 Å². The van der Waals surface area contributed by atoms with Gasteiger partial charge in [0, 0.05) is 9.13 Å². The highest BCUT2D eigenvalue weighted by atomic mass is 127. The van der Waals surface area contributed by atoms with Crippen LogP contribution in [0, 0.1) is 3.57 Å². The fourth-order valence-electron chi connectivity index (χ4n) is 2.29. The molecule has 0 aliphatic carbocycles. The van der Waals surface area contributed by atoms with Gasteiger partial charge in [0.25, 0.3) is 0 Å². The predicted molar refractivity (Wildman–Crippen MR) is 92.3 cm³/mol. The molecule has 0 bridgehead atoms. The number of halogens is 1. The minimum atomic E-state index is -0.462. The zero-order valence-electron chi connectivity index (χ0n) is 11.8. The lowest BCUT2D eigenvalue weighted by Gasteiger charge is -1.98. The standard InChI is InChI=1S/C17H10INO4/c18-12-4-2-11(3-5-12)16-19-13(17(20)23-16)7-10-1-6-14-15(8-10)22-9-21-14/h1-8H,9H2/b13-7-. The molecular weight excluding hydrogens is 409 g/mol. The Balaban J connectivity index is 1.65. The minimum Gasteiger partial charge on any atom is -0.454 e. The van der Waals surface area contributed by atoms with Crippen LogP contribution in [0.5, 0.6) is 11.5 Å². The van der Waals surface area contributed by atoms with Crippen molar-refractivity contribution in [3.63, 3.8) is 0 Å². The van der Waals surface area contributed by atoms with E-state index in [1.54, 1.807) is 18.2 Å². The number of rotatable bonds is 2. The normalized spacial score (nSPS) is 17.3. The first-order chi connectivity index (χ1) is 11.2. The summed E-state index contributed by atoms with van der Waals surface area (Å²) >= 11 is 2.22. The van der Waals surface area contributed by atoms with Crippen LogP contribution >= 0.6 is 22.6 Å². The molecule has 0 spiro atoms. The number of benzene rings is 2. The number of ether oxygens (including phenoxy) is 3. The monoisotopic (exact) mass is 419 g/mol. The summed E-state index contributed by atoms with van der Waals surface area (Å²) < 4.78 is 16.9. The molecular formula is C17H10INO4. The molecule has 2 aliphatic rings. The average molecular weight is 419 g/mol. The van der Waals surface area contributed by atoms with E-state index in [0.717, 1.165) is 14.7 Å². The lowest BCUT2D eigenvalue weighted by atomic mass is 10.1. The van der Waals surface area contributed by atoms with Gasteiger partial charge in [-0.15, -0.1) is 0 Å². The predicted octanol–water partition coefficient (Wildman–Crippen LogP) is 3.36. The van der Waals surface area contributed by atoms with E-state index in [-0.39, 0.29) is 12.5 Å². The number of carbonyl (C=O) groups excluding carboxylic acids is 1. The third-order valence-corrected chi connectivity index (χ3v) is 4.13. The molecule has 2 heterocycles. The van der Waals surface area contributed by atoms with E-state index in [1.807, 2.05) is 30.3 Å². The molecule has 0 aromatic heterocycles. The lowest BCUT2D eigenvalue weighted by molar-refractivity contribution is -0.129. The van der Waals surface area contributed by atoms with Crippen LogP contribution in [-0.2, 0) is 9.53 Å². The van der Waals surface area contributed by atoms with Gasteiger partial charge in [0.2, 0.25) is 12.7 Å². The highest BCUT2D eigenvalue weighted by Gasteiger charge is 2.24. The van der Waals surface area contributed by atoms with Crippen molar-refractivity contribution in [2.75, 3.05) is 6.79 Å². The van der Waals surface area contributed by atoms with Gasteiger partial charge in [-0.1, -0.05) is 6.07 Å². The zero-order valence-corrected chi connectivity index (χ0v) is 13.9. The molecule has 0 unspecified atom stereocenters. The summed E-state index contributed by atoms with van der Waals surface area (Å²) in [5.41, 5.74) is 1.83. The quantitative estimate of drug-likeness (QED) is 0.426. The van der Waals surface area contributed by atoms with Crippen LogP contribution in [0.25, 0.3) is 6.08 Å². The van der Waals surface area contributed by atoms with Crippen molar-refractivity contribution < 1.29 is 19.0 Å². The Bertz CT molecular complexity index is 855. The second-order valence-corrected chi connectivity index (χ2v) is 6.20. The number of hydrogen-bond acceptors (Lipinski definition) is 5. The van der Waals surface area contributed by atoms with Gasteiger partial charge in [-0.3, -0.25) is 0 Å². The van der Waals surface area contributed by atoms with Gasteiger partial charge in [-0.25, -0.2) is 9.79 Å². The Morgan fingerprint density at radius 1 is 1.04 bits per heavy atom. The van der Waals surface area contributed by atoms with E-state index in [4.69, 9.17) is 14.2 Å². The molecule has 0 radical (unpaired) electrons. The van der Waals surface area contributed by atoms with Gasteiger partial charge in [0.15, 0.2) is 17.2 Å². The van der Waals surface area contributed by atoms with Crippen LogP contribution in [0.1, 0.15) is 11.1 Å². The first-order valence-electron chi connectivity index (χ1n) is 6.87. The molecule has 0 fully saturated rings. The summed E-state index contributed by atoms with van der Waals surface area (Å²) in [5.74, 6) is 1.21. The maximum Gasteiger partial charge on any atom is 0.363 e. The summed E-state index contributed by atoms with van der Waals surface area (Å²) in [6, 6.07) is 13.1. The van der Waals surface area contributed by atoms with Gasteiger partial charge < -0.3 is 14.2 Å². The van der Waals surface area contributed by atoms with Crippen LogP contribution in [0.15, 0.2) is 53.2 Å². The molecule has 0 atom stereocenters. The van der Waals surface area contributed by atoms with E-state index in [1.165, 1.54) is 0 Å². The molecule has 6 heteroatoms. The molecule has 0 amide bonds. The summed E-state index contributed by atoms with van der Waals surface area (Å²) in [6.45, 7) is 0.215. The molecule has 114 valence electrons. The highest BCUT2D eigenvalue weighted by molar-refractivity contribution is 14.1. The second-order valence-electron chi connectivity index (χ2n) is 4.96. The Kier molecular flexibility index (Phi) is 3.53. The Morgan fingerprint density at radius 3 is 2.65 bits per heavy atom. The minimum absolute atomic E-state index is 0.215. The molecule has 0 N–H and O–H groups in total. The Labute approximate surface area is 145 Å². The lowest BCUT2D eigenvalue weighted by Crippen LogP contribution is -2.05. The number of carbonyl (C=O) groups is 1. The van der Waals surface area contributed by atoms with Crippen LogP contribution in [-0.4, -0.2) is 18.7 Å². The van der Waals surface area contributed by atoms with E-state index in [9.17, 15) is 4.79 Å². The third kappa shape index (κ3) is 2.81. The van der Waals surface area contributed by atoms with Gasteiger partial charge in [-0.05, 0) is 70.6 Å². The summed E-state index contributed by atoms with van der Waals surface area (Å²) in [4.78, 5) is 16.3. The molecule has 4 rings (SSSR count). The van der Waals surface area contributed by atoms with E-state index < -0.39 is 5.97 Å². The summed E-state index contributed by atoms with van der Waals surface area (Å²) in [6.07, 6.45) is 1.67. The van der Waals surface area contributed by atoms with Crippen molar-refractivity contribution in [1.82, 2.24) is 0 Å². The molecule has 2 aromatic rings. The van der Waals surface area contributed by atoms with Gasteiger partial charge in [0.1, 0.15) is 0 Å². The van der Waals surface area contributed by atoms with Gasteiger partial charge in [0.05, 0.1) is 0 Å². The maximum absolute atomic E-state index is 12.0. The maximum atomic E-state index is 12.0. The topological polar surface area (TPSA) is 57.1 Å². The van der Waals surface area contributed by atoms with Crippen molar-refractivity contribution in [3.05, 3.63) is 62.9 Å². The molecule has 0 saturated carbocycles. The molecule has 2 aliphatic heterocycles. The van der Waals surface area contributed by atoms with Gasteiger partial charge >= 0.3 is 5.97 Å². The summed E-state index contributed by atoms with van der Waals surface area (Å²) in [7, 11) is 0. The Hall–Kier alpha value is -2.35.